The molecule has 1 aromatic carbocycles. The number of aromatic nitrogens is 2. The molecule has 104 valence electrons. The maximum absolute atomic E-state index is 5.95. The van der Waals surface area contributed by atoms with Gasteiger partial charge in [0.2, 0.25) is 0 Å². The van der Waals surface area contributed by atoms with Crippen LogP contribution in [0.15, 0.2) is 18.2 Å². The number of nitrogen functional groups attached to an aromatic ring is 1. The molecule has 0 fully saturated rings. The number of hydrogen-bond donors (Lipinski definition) is 2. The Morgan fingerprint density at radius 3 is 2.80 bits per heavy atom. The van der Waals surface area contributed by atoms with Gasteiger partial charge in [-0.2, -0.15) is 0 Å². The number of rotatable bonds is 3. The van der Waals surface area contributed by atoms with Crippen LogP contribution in [0.25, 0.3) is 0 Å². The lowest BCUT2D eigenvalue weighted by molar-refractivity contribution is 0.912. The van der Waals surface area contributed by atoms with E-state index in [2.05, 4.69) is 33.5 Å². The fourth-order valence-electron chi connectivity index (χ4n) is 2.65. The topological polar surface area (TPSA) is 63.8 Å². The molecule has 1 heterocycles. The minimum atomic E-state index is 0.556. The fourth-order valence-corrected chi connectivity index (χ4v) is 2.65. The van der Waals surface area contributed by atoms with Crippen molar-refractivity contribution < 1.29 is 0 Å². The first-order valence-corrected chi connectivity index (χ1v) is 7.19. The van der Waals surface area contributed by atoms with Crippen LogP contribution in [0.1, 0.15) is 35.9 Å². The molecule has 0 unspecified atom stereocenters. The Hall–Kier alpha value is -2.10. The van der Waals surface area contributed by atoms with Crippen LogP contribution < -0.4 is 11.1 Å². The Morgan fingerprint density at radius 2 is 2.00 bits per heavy atom. The zero-order valence-corrected chi connectivity index (χ0v) is 12.0. The molecule has 0 amide bonds. The van der Waals surface area contributed by atoms with Gasteiger partial charge in [-0.05, 0) is 49.4 Å². The van der Waals surface area contributed by atoms with E-state index in [4.69, 9.17) is 5.73 Å². The number of anilines is 3. The van der Waals surface area contributed by atoms with Crippen molar-refractivity contribution >= 4 is 17.3 Å². The summed E-state index contributed by atoms with van der Waals surface area (Å²) in [7, 11) is 0. The molecule has 0 saturated heterocycles. The van der Waals surface area contributed by atoms with Crippen LogP contribution in [0.5, 0.6) is 0 Å². The molecular weight excluding hydrogens is 248 g/mol. The Kier molecular flexibility index (Phi) is 3.30. The number of nitrogens with one attached hydrogen (secondary N) is 1. The van der Waals surface area contributed by atoms with Crippen LogP contribution in [0.4, 0.5) is 17.3 Å². The van der Waals surface area contributed by atoms with Gasteiger partial charge in [0, 0.05) is 17.7 Å². The van der Waals surface area contributed by atoms with Crippen molar-refractivity contribution in [3.8, 4) is 0 Å². The van der Waals surface area contributed by atoms with E-state index in [1.54, 1.807) is 0 Å². The van der Waals surface area contributed by atoms with Gasteiger partial charge < -0.3 is 11.1 Å². The summed E-state index contributed by atoms with van der Waals surface area (Å²) in [5, 5.41) is 3.39. The summed E-state index contributed by atoms with van der Waals surface area (Å²) < 4.78 is 0. The molecule has 4 nitrogen and oxygen atoms in total. The van der Waals surface area contributed by atoms with Gasteiger partial charge in [-0.25, -0.2) is 9.97 Å². The molecule has 1 aliphatic rings. The number of benzene rings is 1. The highest BCUT2D eigenvalue weighted by atomic mass is 15.1. The molecule has 0 bridgehead atoms. The van der Waals surface area contributed by atoms with Crippen LogP contribution >= 0.6 is 0 Å². The Bertz CT molecular complexity index is 649. The molecule has 0 saturated carbocycles. The molecule has 0 atom stereocenters. The third kappa shape index (κ3) is 2.33. The first kappa shape index (κ1) is 12.9. The molecular formula is C16H20N4. The van der Waals surface area contributed by atoms with Gasteiger partial charge in [0.25, 0.3) is 0 Å². The van der Waals surface area contributed by atoms with E-state index >= 15 is 0 Å². The Labute approximate surface area is 119 Å². The van der Waals surface area contributed by atoms with Crippen LogP contribution in [-0.2, 0) is 19.3 Å². The number of hydrogen-bond acceptors (Lipinski definition) is 4. The summed E-state index contributed by atoms with van der Waals surface area (Å²) >= 11 is 0. The molecule has 1 aliphatic carbocycles. The predicted molar refractivity (Wildman–Crippen MR) is 82.3 cm³/mol. The van der Waals surface area contributed by atoms with Crippen LogP contribution in [-0.4, -0.2) is 9.97 Å². The lowest BCUT2D eigenvalue weighted by Crippen LogP contribution is -2.06. The lowest BCUT2D eigenvalue weighted by atomic mass is 10.1. The maximum atomic E-state index is 5.95. The third-order valence-electron chi connectivity index (χ3n) is 3.91. The molecule has 20 heavy (non-hydrogen) atoms. The molecule has 0 radical (unpaired) electrons. The summed E-state index contributed by atoms with van der Waals surface area (Å²) in [6.45, 7) is 3.98. The minimum absolute atomic E-state index is 0.556. The molecule has 3 rings (SSSR count). The van der Waals surface area contributed by atoms with Crippen molar-refractivity contribution in [2.24, 2.45) is 0 Å². The number of nitrogens with two attached hydrogens (primary N) is 1. The van der Waals surface area contributed by atoms with E-state index in [1.807, 2.05) is 13.8 Å². The van der Waals surface area contributed by atoms with Crippen LogP contribution in [0.2, 0.25) is 0 Å². The van der Waals surface area contributed by atoms with Gasteiger partial charge in [0.15, 0.2) is 0 Å². The van der Waals surface area contributed by atoms with Gasteiger partial charge >= 0.3 is 0 Å². The zero-order chi connectivity index (χ0) is 14.1. The van der Waals surface area contributed by atoms with Crippen molar-refractivity contribution in [3.05, 3.63) is 40.7 Å². The highest BCUT2D eigenvalue weighted by Gasteiger charge is 2.12. The minimum Gasteiger partial charge on any atom is -0.383 e. The van der Waals surface area contributed by atoms with Crippen molar-refractivity contribution in [1.82, 2.24) is 9.97 Å². The second-order valence-corrected chi connectivity index (χ2v) is 5.31. The van der Waals surface area contributed by atoms with Gasteiger partial charge in [0.1, 0.15) is 17.5 Å². The summed E-state index contributed by atoms with van der Waals surface area (Å²) in [4.78, 5) is 8.82. The van der Waals surface area contributed by atoms with E-state index in [-0.39, 0.29) is 0 Å². The Morgan fingerprint density at radius 1 is 1.20 bits per heavy atom. The predicted octanol–water partition coefficient (Wildman–Crippen LogP) is 3.16. The monoisotopic (exact) mass is 268 g/mol. The van der Waals surface area contributed by atoms with Gasteiger partial charge in [-0.3, -0.25) is 0 Å². The first-order valence-electron chi connectivity index (χ1n) is 7.19. The largest absolute Gasteiger partial charge is 0.383 e. The van der Waals surface area contributed by atoms with Crippen molar-refractivity contribution in [1.29, 1.82) is 0 Å². The average molecular weight is 268 g/mol. The van der Waals surface area contributed by atoms with Gasteiger partial charge in [-0.15, -0.1) is 0 Å². The van der Waals surface area contributed by atoms with Crippen LogP contribution in [0.3, 0.4) is 0 Å². The van der Waals surface area contributed by atoms with E-state index < -0.39 is 0 Å². The van der Waals surface area contributed by atoms with Crippen molar-refractivity contribution in [3.63, 3.8) is 0 Å². The zero-order valence-electron chi connectivity index (χ0n) is 12.0. The average Bonchev–Trinajstić information content (AvgIpc) is 2.91. The van der Waals surface area contributed by atoms with E-state index in [0.717, 1.165) is 29.3 Å². The molecule has 3 N–H and O–H groups in total. The maximum Gasteiger partial charge on any atom is 0.139 e. The quantitative estimate of drug-likeness (QED) is 0.897. The van der Waals surface area contributed by atoms with Gasteiger partial charge in [-0.1, -0.05) is 13.0 Å². The van der Waals surface area contributed by atoms with E-state index in [1.165, 1.54) is 30.4 Å². The summed E-state index contributed by atoms with van der Waals surface area (Å²) in [5.74, 6) is 2.14. The fraction of sp³-hybridized carbons (Fsp3) is 0.375. The molecule has 0 spiro atoms. The molecule has 1 aromatic heterocycles. The van der Waals surface area contributed by atoms with Crippen molar-refractivity contribution in [2.45, 2.75) is 39.5 Å². The second-order valence-electron chi connectivity index (χ2n) is 5.31. The SMILES string of the molecule is CCc1nc(N)c(C)c(Nc2ccc3c(c2)CCC3)n1. The molecule has 2 aromatic rings. The molecule has 0 aliphatic heterocycles. The number of aryl methyl sites for hydroxylation is 3. The number of nitrogens with zero attached hydrogens (tertiary/aromatic N) is 2. The lowest BCUT2D eigenvalue weighted by Gasteiger charge is -2.12. The van der Waals surface area contributed by atoms with Crippen LogP contribution in [0, 0.1) is 6.92 Å². The highest BCUT2D eigenvalue weighted by Crippen LogP contribution is 2.27. The van der Waals surface area contributed by atoms with Crippen molar-refractivity contribution in [2.75, 3.05) is 11.1 Å². The van der Waals surface area contributed by atoms with E-state index in [9.17, 15) is 0 Å². The highest BCUT2D eigenvalue weighted by molar-refractivity contribution is 5.64. The standard InChI is InChI=1S/C16H20N4/c1-3-14-19-15(17)10(2)16(20-14)18-13-8-7-11-5-4-6-12(11)9-13/h7-9H,3-6H2,1-2H3,(H3,17,18,19,20). The second kappa shape index (κ2) is 5.12. The summed E-state index contributed by atoms with van der Waals surface area (Å²) in [6, 6.07) is 6.56. The summed E-state index contributed by atoms with van der Waals surface area (Å²) in [6.07, 6.45) is 4.42. The summed E-state index contributed by atoms with van der Waals surface area (Å²) in [5.41, 5.74) is 10.9. The van der Waals surface area contributed by atoms with Gasteiger partial charge in [0.05, 0.1) is 0 Å². The smallest absolute Gasteiger partial charge is 0.139 e. The first-order chi connectivity index (χ1) is 9.67. The normalized spacial score (nSPS) is 13.3. The Balaban J connectivity index is 1.93. The van der Waals surface area contributed by atoms with E-state index in [0.29, 0.717) is 5.82 Å². The third-order valence-corrected chi connectivity index (χ3v) is 3.91. The number of fused-ring (bicyclic) bond motifs is 1. The molecule has 4 heteroatoms.